The fraction of sp³-hybridized carbons (Fsp3) is 0.433. The molecule has 232 valence electrons. The fourth-order valence-electron chi connectivity index (χ4n) is 5.33. The highest BCUT2D eigenvalue weighted by atomic mass is 19.4. The number of amides is 1. The number of aromatic nitrogens is 5. The van der Waals surface area contributed by atoms with Crippen molar-refractivity contribution < 1.29 is 27.5 Å². The van der Waals surface area contributed by atoms with Crippen LogP contribution in [0.4, 0.5) is 23.2 Å². The van der Waals surface area contributed by atoms with Crippen LogP contribution in [0.3, 0.4) is 0 Å². The van der Waals surface area contributed by atoms with Crippen LogP contribution in [0.15, 0.2) is 49.1 Å². The third-order valence-corrected chi connectivity index (χ3v) is 7.80. The third kappa shape index (κ3) is 7.16. The molecule has 1 fully saturated rings. The van der Waals surface area contributed by atoms with Crippen molar-refractivity contribution in [3.8, 4) is 17.5 Å². The number of fused-ring (bicyclic) bond motifs is 1. The van der Waals surface area contributed by atoms with Gasteiger partial charge in [-0.25, -0.2) is 8.91 Å². The second-order valence-corrected chi connectivity index (χ2v) is 11.6. The Hall–Kier alpha value is -4.51. The summed E-state index contributed by atoms with van der Waals surface area (Å²) in [5.41, 5.74) is 2.02. The van der Waals surface area contributed by atoms with E-state index in [1.807, 2.05) is 0 Å². The van der Waals surface area contributed by atoms with Crippen LogP contribution in [-0.4, -0.2) is 65.9 Å². The highest BCUT2D eigenvalue weighted by molar-refractivity contribution is 6.00. The Morgan fingerprint density at radius 3 is 2.57 bits per heavy atom. The zero-order valence-electron chi connectivity index (χ0n) is 24.1. The van der Waals surface area contributed by atoms with Gasteiger partial charge in [-0.3, -0.25) is 14.5 Å². The number of carbonyl (C=O) groups is 1. The molecule has 1 atom stereocenters. The molecule has 1 aliphatic rings. The maximum absolute atomic E-state index is 14.4. The standard InChI is InChI=1S/C30H32F4N8O2/c1-29(2,44)27(31)15-37-28(43)23-14-36-25(26-8-7-22-9-18(11-35)12-39-42(22)26)10-24(23)40-21-5-3-19(4-6-21)20-13-38-41(16-20)17-30(32,33)34/h7-10,12-14,16,19,21,27,44H,3-6,15,17H2,1-2H3,(H,36,40)(H,37,43)/t19?,21?,27-/m1/s1. The Morgan fingerprint density at radius 1 is 1.14 bits per heavy atom. The number of hydrogen-bond donors (Lipinski definition) is 3. The molecular weight excluding hydrogens is 580 g/mol. The van der Waals surface area contributed by atoms with E-state index >= 15 is 0 Å². The molecule has 1 amide bonds. The maximum atomic E-state index is 14.4. The second kappa shape index (κ2) is 12.2. The Bertz CT molecular complexity index is 1680. The number of alkyl halides is 4. The van der Waals surface area contributed by atoms with E-state index in [0.717, 1.165) is 10.2 Å². The van der Waals surface area contributed by atoms with Crippen molar-refractivity contribution in [3.05, 3.63) is 65.7 Å². The Morgan fingerprint density at radius 2 is 1.89 bits per heavy atom. The Kier molecular flexibility index (Phi) is 8.60. The lowest BCUT2D eigenvalue weighted by Gasteiger charge is -2.30. The van der Waals surface area contributed by atoms with Gasteiger partial charge in [-0.2, -0.15) is 28.6 Å². The van der Waals surface area contributed by atoms with Crippen LogP contribution in [0, 0.1) is 11.3 Å². The summed E-state index contributed by atoms with van der Waals surface area (Å²) in [5.74, 6) is -0.508. The van der Waals surface area contributed by atoms with Crippen LogP contribution in [0.2, 0.25) is 0 Å². The Labute approximate surface area is 250 Å². The van der Waals surface area contributed by atoms with Crippen molar-refractivity contribution in [1.29, 1.82) is 5.26 Å². The molecule has 0 saturated heterocycles. The summed E-state index contributed by atoms with van der Waals surface area (Å²) >= 11 is 0. The average molecular weight is 613 g/mol. The van der Waals surface area contributed by atoms with Crippen LogP contribution >= 0.6 is 0 Å². The predicted molar refractivity (Wildman–Crippen MR) is 154 cm³/mol. The minimum atomic E-state index is -4.35. The zero-order chi connectivity index (χ0) is 31.6. The summed E-state index contributed by atoms with van der Waals surface area (Å²) in [7, 11) is 0. The van der Waals surface area contributed by atoms with Gasteiger partial charge in [0.15, 0.2) is 0 Å². The van der Waals surface area contributed by atoms with E-state index in [9.17, 15) is 32.7 Å². The molecule has 5 rings (SSSR count). The zero-order valence-corrected chi connectivity index (χ0v) is 24.1. The fourth-order valence-corrected chi connectivity index (χ4v) is 5.33. The van der Waals surface area contributed by atoms with E-state index in [4.69, 9.17) is 0 Å². The van der Waals surface area contributed by atoms with Crippen molar-refractivity contribution in [2.75, 3.05) is 11.9 Å². The highest BCUT2D eigenvalue weighted by Crippen LogP contribution is 2.35. The summed E-state index contributed by atoms with van der Waals surface area (Å²) in [6, 6.07) is 9.02. The van der Waals surface area contributed by atoms with Crippen molar-refractivity contribution >= 4 is 17.1 Å². The minimum absolute atomic E-state index is 0.0519. The van der Waals surface area contributed by atoms with Gasteiger partial charge in [0.25, 0.3) is 5.91 Å². The smallest absolute Gasteiger partial charge is 0.387 e. The molecule has 1 aliphatic carbocycles. The SMILES string of the molecule is CC(C)(O)[C@H](F)CNC(=O)c1cnc(-c2ccc3cc(C#N)cnn23)cc1NC1CCC(c2cnn(CC(F)(F)F)c2)CC1. The molecule has 0 aliphatic heterocycles. The molecule has 10 nitrogen and oxygen atoms in total. The van der Waals surface area contributed by atoms with Crippen LogP contribution in [0.1, 0.15) is 66.9 Å². The number of carbonyl (C=O) groups excluding carboxylic acids is 1. The van der Waals surface area contributed by atoms with E-state index in [-0.39, 0.29) is 17.5 Å². The van der Waals surface area contributed by atoms with Crippen molar-refractivity contribution in [2.24, 2.45) is 0 Å². The topological polar surface area (TPSA) is 133 Å². The maximum Gasteiger partial charge on any atom is 0.408 e. The Balaban J connectivity index is 1.36. The number of anilines is 1. The summed E-state index contributed by atoms with van der Waals surface area (Å²) in [5, 5.41) is 33.3. The number of aliphatic hydroxyl groups is 1. The molecule has 44 heavy (non-hydrogen) atoms. The monoisotopic (exact) mass is 612 g/mol. The molecule has 3 N–H and O–H groups in total. The number of nitrogens with zero attached hydrogens (tertiary/aromatic N) is 6. The molecule has 14 heteroatoms. The predicted octanol–water partition coefficient (Wildman–Crippen LogP) is 5.00. The quantitative estimate of drug-likeness (QED) is 0.227. The van der Waals surface area contributed by atoms with Crippen LogP contribution in [0.25, 0.3) is 16.9 Å². The summed E-state index contributed by atoms with van der Waals surface area (Å²) in [6.07, 6.45) is 2.53. The van der Waals surface area contributed by atoms with Gasteiger partial charge in [-0.05, 0) is 75.3 Å². The van der Waals surface area contributed by atoms with Gasteiger partial charge in [0.05, 0.1) is 58.3 Å². The molecule has 4 aromatic heterocycles. The lowest BCUT2D eigenvalue weighted by atomic mass is 9.83. The number of hydrogen-bond acceptors (Lipinski definition) is 7. The van der Waals surface area contributed by atoms with E-state index in [0.29, 0.717) is 53.8 Å². The average Bonchev–Trinajstić information content (AvgIpc) is 3.61. The first-order chi connectivity index (χ1) is 20.8. The number of rotatable bonds is 9. The lowest BCUT2D eigenvalue weighted by molar-refractivity contribution is -0.142. The first-order valence-electron chi connectivity index (χ1n) is 14.2. The van der Waals surface area contributed by atoms with Crippen LogP contribution < -0.4 is 10.6 Å². The van der Waals surface area contributed by atoms with Crippen LogP contribution in [-0.2, 0) is 6.54 Å². The molecule has 0 radical (unpaired) electrons. The lowest BCUT2D eigenvalue weighted by Crippen LogP contribution is -2.42. The van der Waals surface area contributed by atoms with Gasteiger partial charge in [0, 0.05) is 18.4 Å². The van der Waals surface area contributed by atoms with Crippen LogP contribution in [0.5, 0.6) is 0 Å². The molecule has 4 heterocycles. The van der Waals surface area contributed by atoms with Gasteiger partial charge in [0.1, 0.15) is 18.8 Å². The first-order valence-corrected chi connectivity index (χ1v) is 14.2. The molecule has 0 aromatic carbocycles. The number of pyridine rings is 1. The molecular formula is C30H32F4N8O2. The van der Waals surface area contributed by atoms with Gasteiger partial charge in [-0.1, -0.05) is 0 Å². The van der Waals surface area contributed by atoms with Crippen molar-refractivity contribution in [1.82, 2.24) is 29.7 Å². The van der Waals surface area contributed by atoms with Gasteiger partial charge in [-0.15, -0.1) is 0 Å². The highest BCUT2D eigenvalue weighted by Gasteiger charge is 2.30. The summed E-state index contributed by atoms with van der Waals surface area (Å²) < 4.78 is 55.2. The largest absolute Gasteiger partial charge is 0.408 e. The molecule has 4 aromatic rings. The van der Waals surface area contributed by atoms with Gasteiger partial charge in [0.2, 0.25) is 0 Å². The van der Waals surface area contributed by atoms with Gasteiger partial charge >= 0.3 is 6.18 Å². The van der Waals surface area contributed by atoms with Crippen molar-refractivity contribution in [3.63, 3.8) is 0 Å². The normalized spacial score (nSPS) is 18.1. The molecule has 1 saturated carbocycles. The van der Waals surface area contributed by atoms with Gasteiger partial charge < -0.3 is 15.7 Å². The number of nitrogens with one attached hydrogen (secondary N) is 2. The number of halogens is 4. The third-order valence-electron chi connectivity index (χ3n) is 7.80. The van der Waals surface area contributed by atoms with E-state index in [2.05, 4.69) is 31.9 Å². The van der Waals surface area contributed by atoms with E-state index in [1.165, 1.54) is 38.6 Å². The molecule has 0 unspecified atom stereocenters. The van der Waals surface area contributed by atoms with E-state index < -0.39 is 36.9 Å². The first kappa shape index (κ1) is 30.9. The minimum Gasteiger partial charge on any atom is -0.387 e. The number of nitriles is 1. The summed E-state index contributed by atoms with van der Waals surface area (Å²) in [4.78, 5) is 17.7. The second-order valence-electron chi connectivity index (χ2n) is 11.6. The van der Waals surface area contributed by atoms with E-state index in [1.54, 1.807) is 28.8 Å². The molecule has 0 spiro atoms. The molecule has 0 bridgehead atoms. The summed E-state index contributed by atoms with van der Waals surface area (Å²) in [6.45, 7) is 1.11. The van der Waals surface area contributed by atoms with Crippen molar-refractivity contribution in [2.45, 2.75) is 76.0 Å².